The first-order valence-electron chi connectivity index (χ1n) is 23.3. The van der Waals surface area contributed by atoms with Gasteiger partial charge in [-0.05, 0) is 74.6 Å². The Balaban J connectivity index is 2.41. The molecular formula is C45H72N14O12. The number of aliphatic carboxylic acids is 2. The molecule has 19 N–H and O–H groups in total. The van der Waals surface area contributed by atoms with E-state index in [1.165, 1.54) is 36.8 Å². The fourth-order valence-electron chi connectivity index (χ4n) is 6.92. The topological polar surface area (TPSA) is 444 Å². The zero-order chi connectivity index (χ0) is 53.2. The van der Waals surface area contributed by atoms with Crippen molar-refractivity contribution >= 4 is 59.2 Å². The zero-order valence-corrected chi connectivity index (χ0v) is 40.6. The van der Waals surface area contributed by atoms with Crippen molar-refractivity contribution in [2.75, 3.05) is 19.6 Å². The lowest BCUT2D eigenvalue weighted by atomic mass is 9.97. The number of H-pyrrole nitrogens is 1. The number of aliphatic imine (C=N–C) groups is 1. The van der Waals surface area contributed by atoms with Gasteiger partial charge in [-0.1, -0.05) is 46.2 Å². The summed E-state index contributed by atoms with van der Waals surface area (Å²) in [5.41, 5.74) is 23.3. The second kappa shape index (κ2) is 31.0. The molecule has 0 aliphatic heterocycles. The molecule has 0 bridgehead atoms. The lowest BCUT2D eigenvalue weighted by Gasteiger charge is -2.27. The van der Waals surface area contributed by atoms with E-state index in [-0.39, 0.29) is 75.2 Å². The van der Waals surface area contributed by atoms with Crippen molar-refractivity contribution in [3.05, 3.63) is 48.0 Å². The first-order valence-corrected chi connectivity index (χ1v) is 23.3. The predicted octanol–water partition coefficient (Wildman–Crippen LogP) is -2.91. The molecule has 0 spiro atoms. The molecule has 394 valence electrons. The number of phenols is 1. The van der Waals surface area contributed by atoms with E-state index in [1.807, 2.05) is 20.8 Å². The van der Waals surface area contributed by atoms with Gasteiger partial charge in [0.2, 0.25) is 41.4 Å². The smallest absolute Gasteiger partial charge is 0.326 e. The van der Waals surface area contributed by atoms with Crippen LogP contribution in [0.4, 0.5) is 0 Å². The van der Waals surface area contributed by atoms with Crippen molar-refractivity contribution in [2.45, 2.75) is 134 Å². The van der Waals surface area contributed by atoms with Gasteiger partial charge in [0.15, 0.2) is 5.96 Å². The molecule has 2 rings (SSSR count). The number of rotatable bonds is 33. The Kier molecular flexibility index (Phi) is 26.1. The number of imidazole rings is 1. The van der Waals surface area contributed by atoms with Crippen LogP contribution in [0.15, 0.2) is 41.8 Å². The number of aromatic amines is 1. The molecule has 8 atom stereocenters. The lowest BCUT2D eigenvalue weighted by Crippen LogP contribution is -2.60. The molecular weight excluding hydrogens is 929 g/mol. The van der Waals surface area contributed by atoms with Gasteiger partial charge < -0.3 is 80.5 Å². The Morgan fingerprint density at radius 1 is 0.704 bits per heavy atom. The van der Waals surface area contributed by atoms with Gasteiger partial charge in [-0.25, -0.2) is 9.78 Å². The minimum atomic E-state index is -1.88. The van der Waals surface area contributed by atoms with Crippen molar-refractivity contribution in [3.63, 3.8) is 0 Å². The Labute approximate surface area is 411 Å². The van der Waals surface area contributed by atoms with Crippen molar-refractivity contribution in [3.8, 4) is 5.75 Å². The van der Waals surface area contributed by atoms with E-state index in [0.29, 0.717) is 30.5 Å². The van der Waals surface area contributed by atoms with Crippen LogP contribution < -0.4 is 60.2 Å². The number of hydrogen-bond donors (Lipinski definition) is 15. The van der Waals surface area contributed by atoms with Crippen LogP contribution in [0.3, 0.4) is 0 Å². The van der Waals surface area contributed by atoms with E-state index < -0.39 is 109 Å². The van der Waals surface area contributed by atoms with Gasteiger partial charge in [0.05, 0.1) is 25.3 Å². The molecule has 0 radical (unpaired) electrons. The fraction of sp³-hybridized carbons (Fsp3) is 0.578. The van der Waals surface area contributed by atoms with Crippen molar-refractivity contribution in [1.29, 1.82) is 0 Å². The Morgan fingerprint density at radius 2 is 1.27 bits per heavy atom. The van der Waals surface area contributed by atoms with E-state index >= 15 is 0 Å². The molecule has 0 saturated heterocycles. The molecule has 0 unspecified atom stereocenters. The molecule has 71 heavy (non-hydrogen) atoms. The number of carboxylic acid groups (broad SMARTS) is 2. The van der Waals surface area contributed by atoms with Gasteiger partial charge in [0.25, 0.3) is 0 Å². The van der Waals surface area contributed by atoms with Crippen LogP contribution in [0.5, 0.6) is 5.75 Å². The molecule has 0 aliphatic rings. The molecule has 1 aromatic carbocycles. The van der Waals surface area contributed by atoms with Gasteiger partial charge >= 0.3 is 11.9 Å². The number of carbonyl (C=O) groups is 9. The van der Waals surface area contributed by atoms with Crippen LogP contribution in [-0.2, 0) is 56.0 Å². The number of nitrogens with one attached hydrogen (secondary N) is 8. The SMILES string of the molecule is CC[C@H](C)[C@H](N)C(=O)N[C@@H](CC(C)C)C(=O)NCC(=O)N[C@@H](Cc1cnc[nH]1)C(=O)N[C@@H](CCCN=C(N)N)C(=O)N[C@@H](CC(=O)O)C(=O)N[C@@H](Cc1ccc(O)cc1)C(=O)N[C@@H](CCCCN)C(=O)O. The third-order valence-electron chi connectivity index (χ3n) is 11.1. The van der Waals surface area contributed by atoms with E-state index in [9.17, 15) is 58.5 Å². The third kappa shape index (κ3) is 22.7. The molecule has 26 nitrogen and oxygen atoms in total. The summed E-state index contributed by atoms with van der Waals surface area (Å²) in [6, 6.07) is -4.17. The highest BCUT2D eigenvalue weighted by molar-refractivity contribution is 5.98. The van der Waals surface area contributed by atoms with Crippen LogP contribution in [-0.4, -0.2) is 146 Å². The van der Waals surface area contributed by atoms with E-state index in [4.69, 9.17) is 22.9 Å². The van der Waals surface area contributed by atoms with Gasteiger partial charge in [-0.15, -0.1) is 0 Å². The standard InChI is InChI=1S/C45H72N14O12/c1-5-25(4)37(47)43(69)59-31(17-24(2)3)38(64)52-22-35(61)54-33(19-27-21-50-23-53-27)41(67)55-29(10-8-16-51-45(48)49)39(65)58-34(20-36(62)63)42(68)57-32(18-26-11-13-28(60)14-12-26)40(66)56-30(44(70)71)9-6-7-15-46/h11-14,21,23-25,29-34,37,60H,5-10,15-20,22,46-47H2,1-4H3,(H,50,53)(H,52,64)(H,54,61)(H,55,67)(H,56,66)(H,57,68)(H,58,65)(H,59,69)(H,62,63)(H,70,71)(H4,48,49,51)/t25-,29-,30-,31-,32-,33-,34-,37-/m0/s1. The van der Waals surface area contributed by atoms with Crippen LogP contribution in [0.1, 0.15) is 90.3 Å². The first-order chi connectivity index (χ1) is 33.5. The quantitative estimate of drug-likeness (QED) is 0.0194. The fourth-order valence-corrected chi connectivity index (χ4v) is 6.92. The average Bonchev–Trinajstić information content (AvgIpc) is 3.83. The molecule has 2 aromatic rings. The van der Waals surface area contributed by atoms with E-state index in [1.54, 1.807) is 6.92 Å². The number of carbonyl (C=O) groups excluding carboxylic acids is 7. The second-order valence-corrected chi connectivity index (χ2v) is 17.5. The highest BCUT2D eigenvalue weighted by Crippen LogP contribution is 2.14. The Morgan fingerprint density at radius 3 is 1.83 bits per heavy atom. The number of nitrogens with zero attached hydrogens (tertiary/aromatic N) is 2. The highest BCUT2D eigenvalue weighted by atomic mass is 16.4. The van der Waals surface area contributed by atoms with Crippen LogP contribution >= 0.6 is 0 Å². The number of amides is 7. The Bertz CT molecular complexity index is 2100. The summed E-state index contributed by atoms with van der Waals surface area (Å²) in [7, 11) is 0. The highest BCUT2D eigenvalue weighted by Gasteiger charge is 2.34. The van der Waals surface area contributed by atoms with Crippen LogP contribution in [0, 0.1) is 11.8 Å². The summed E-state index contributed by atoms with van der Waals surface area (Å²) in [4.78, 5) is 130. The molecule has 0 aliphatic carbocycles. The lowest BCUT2D eigenvalue weighted by molar-refractivity contribution is -0.143. The largest absolute Gasteiger partial charge is 0.508 e. The number of aromatic nitrogens is 2. The molecule has 0 saturated carbocycles. The van der Waals surface area contributed by atoms with Crippen LogP contribution in [0.2, 0.25) is 0 Å². The summed E-state index contributed by atoms with van der Waals surface area (Å²) in [6.45, 7) is 6.96. The normalized spacial score (nSPS) is 14.4. The maximum absolute atomic E-state index is 14.1. The number of hydrogen-bond acceptors (Lipinski definition) is 14. The zero-order valence-electron chi connectivity index (χ0n) is 40.6. The number of nitrogens with two attached hydrogens (primary N) is 4. The van der Waals surface area contributed by atoms with Gasteiger partial charge in [0, 0.05) is 31.3 Å². The summed E-state index contributed by atoms with van der Waals surface area (Å²) in [5, 5.41) is 46.8. The number of aromatic hydroxyl groups is 1. The molecule has 0 fully saturated rings. The maximum Gasteiger partial charge on any atom is 0.326 e. The number of unbranched alkanes of at least 4 members (excludes halogenated alkanes) is 1. The summed E-state index contributed by atoms with van der Waals surface area (Å²) < 4.78 is 0. The number of benzene rings is 1. The van der Waals surface area contributed by atoms with Crippen molar-refractivity contribution < 1.29 is 58.5 Å². The van der Waals surface area contributed by atoms with Gasteiger partial charge in [-0.3, -0.25) is 43.3 Å². The summed E-state index contributed by atoms with van der Waals surface area (Å²) in [5.74, 6) is -9.68. The Hall–Kier alpha value is -7.35. The third-order valence-corrected chi connectivity index (χ3v) is 11.1. The summed E-state index contributed by atoms with van der Waals surface area (Å²) >= 11 is 0. The van der Waals surface area contributed by atoms with Crippen molar-refractivity contribution in [2.24, 2.45) is 39.8 Å². The molecule has 26 heteroatoms. The molecule has 1 heterocycles. The van der Waals surface area contributed by atoms with E-state index in [0.717, 1.165) is 0 Å². The minimum absolute atomic E-state index is 0.00353. The predicted molar refractivity (Wildman–Crippen MR) is 258 cm³/mol. The maximum atomic E-state index is 14.1. The second-order valence-electron chi connectivity index (χ2n) is 17.5. The monoisotopic (exact) mass is 1000 g/mol. The van der Waals surface area contributed by atoms with Gasteiger partial charge in [0.1, 0.15) is 42.0 Å². The minimum Gasteiger partial charge on any atom is -0.508 e. The number of guanidine groups is 1. The molecule has 1 aromatic heterocycles. The summed E-state index contributed by atoms with van der Waals surface area (Å²) in [6.07, 6.45) is 2.72. The number of phenolic OH excluding ortho intramolecular Hbond substituents is 1. The first kappa shape index (κ1) is 59.8. The molecule has 7 amide bonds. The number of carboxylic acids is 2. The average molecular weight is 1000 g/mol. The van der Waals surface area contributed by atoms with E-state index in [2.05, 4.69) is 52.2 Å². The van der Waals surface area contributed by atoms with Gasteiger partial charge in [-0.2, -0.15) is 0 Å². The van der Waals surface area contributed by atoms with Crippen molar-refractivity contribution in [1.82, 2.24) is 47.2 Å². The van der Waals surface area contributed by atoms with Crippen LogP contribution in [0.25, 0.3) is 0 Å².